The van der Waals surface area contributed by atoms with E-state index in [2.05, 4.69) is 25.4 Å². The molecule has 0 aromatic heterocycles. The van der Waals surface area contributed by atoms with Crippen molar-refractivity contribution in [3.8, 4) is 0 Å². The van der Waals surface area contributed by atoms with Crippen LogP contribution < -0.4 is 5.32 Å². The van der Waals surface area contributed by atoms with Crippen LogP contribution in [-0.4, -0.2) is 38.2 Å². The monoisotopic (exact) mass is 373 g/mol. The van der Waals surface area contributed by atoms with Gasteiger partial charge in [0.05, 0.1) is 13.7 Å². The van der Waals surface area contributed by atoms with Gasteiger partial charge in [0.25, 0.3) is 5.91 Å². The van der Waals surface area contributed by atoms with Gasteiger partial charge in [-0.25, -0.2) is 4.79 Å². The van der Waals surface area contributed by atoms with Gasteiger partial charge in [-0.15, -0.1) is 0 Å². The maximum atomic E-state index is 12.7. The predicted octanol–water partition coefficient (Wildman–Crippen LogP) is 3.14. The number of methoxy groups -OCH3 is 1. The molecule has 1 aromatic carbocycles. The normalized spacial score (nSPS) is 15.0. The van der Waals surface area contributed by atoms with Gasteiger partial charge >= 0.3 is 5.97 Å². The Bertz CT molecular complexity index is 794. The molecule has 27 heavy (non-hydrogen) atoms. The fraction of sp³-hybridized carbons (Fsp3) is 0.500. The Morgan fingerprint density at radius 3 is 2.67 bits per heavy atom. The molecule has 11 nitrogen and oxygen atoms in total. The van der Waals surface area contributed by atoms with Crippen molar-refractivity contribution in [3.05, 3.63) is 50.2 Å². The summed E-state index contributed by atoms with van der Waals surface area (Å²) in [6, 6.07) is 3.61. The van der Waals surface area contributed by atoms with Crippen molar-refractivity contribution >= 4 is 17.6 Å². The molecule has 0 aliphatic carbocycles. The van der Waals surface area contributed by atoms with Gasteiger partial charge in [0, 0.05) is 34.3 Å². The van der Waals surface area contributed by atoms with Crippen molar-refractivity contribution < 1.29 is 19.1 Å². The first-order valence-corrected chi connectivity index (χ1v) is 8.25. The van der Waals surface area contributed by atoms with Gasteiger partial charge in [0.15, 0.2) is 0 Å². The highest BCUT2D eigenvalue weighted by molar-refractivity contribution is 5.97. The van der Waals surface area contributed by atoms with E-state index in [0.29, 0.717) is 31.6 Å². The Morgan fingerprint density at radius 1 is 1.30 bits per heavy atom. The van der Waals surface area contributed by atoms with Gasteiger partial charge in [-0.05, 0) is 53.6 Å². The van der Waals surface area contributed by atoms with Crippen LogP contribution in [0.3, 0.4) is 0 Å². The molecule has 1 N–H and O–H groups in total. The molecule has 1 aliphatic heterocycles. The zero-order valence-electron chi connectivity index (χ0n) is 14.7. The maximum Gasteiger partial charge on any atom is 0.328 e. The largest absolute Gasteiger partial charge is 0.467 e. The van der Waals surface area contributed by atoms with E-state index in [-0.39, 0.29) is 23.7 Å². The summed E-state index contributed by atoms with van der Waals surface area (Å²) in [6.45, 7) is 1.01. The number of carbonyl (C=O) groups is 2. The molecule has 0 radical (unpaired) electrons. The number of esters is 1. The lowest BCUT2D eigenvalue weighted by Crippen LogP contribution is -2.48. The van der Waals surface area contributed by atoms with Crippen LogP contribution in [0.2, 0.25) is 0 Å². The van der Waals surface area contributed by atoms with Crippen molar-refractivity contribution in [1.82, 2.24) is 5.32 Å². The highest BCUT2D eigenvalue weighted by Crippen LogP contribution is 2.22. The van der Waals surface area contributed by atoms with E-state index in [1.165, 1.54) is 25.3 Å². The first kappa shape index (κ1) is 20.1. The quantitative estimate of drug-likeness (QED) is 0.336. The van der Waals surface area contributed by atoms with Gasteiger partial charge in [-0.2, -0.15) is 0 Å². The Hall–Kier alpha value is -3.26. The third kappa shape index (κ3) is 5.61. The Morgan fingerprint density at radius 2 is 2.04 bits per heavy atom. The smallest absolute Gasteiger partial charge is 0.328 e. The predicted molar refractivity (Wildman–Crippen MR) is 94.9 cm³/mol. The zero-order valence-corrected chi connectivity index (χ0v) is 14.7. The maximum absolute atomic E-state index is 12.7. The number of benzene rings is 1. The molecule has 1 saturated heterocycles. The first-order valence-electron chi connectivity index (χ1n) is 8.25. The second-order valence-electron chi connectivity index (χ2n) is 5.89. The number of nitrogens with zero attached hydrogens (tertiary/aromatic N) is 6. The molecule has 1 atom stereocenters. The van der Waals surface area contributed by atoms with Crippen LogP contribution in [0.15, 0.2) is 28.4 Å². The van der Waals surface area contributed by atoms with Gasteiger partial charge in [-0.3, -0.25) is 4.79 Å². The summed E-state index contributed by atoms with van der Waals surface area (Å²) in [5, 5.41) is 9.64. The average molecular weight is 373 g/mol. The van der Waals surface area contributed by atoms with E-state index in [4.69, 9.17) is 20.5 Å². The molecule has 0 spiro atoms. The third-order valence-corrected chi connectivity index (χ3v) is 4.20. The molecule has 1 aliphatic rings. The highest BCUT2D eigenvalue weighted by Gasteiger charge is 2.32. The second-order valence-corrected chi connectivity index (χ2v) is 5.89. The van der Waals surface area contributed by atoms with Crippen LogP contribution in [0.1, 0.15) is 28.8 Å². The van der Waals surface area contributed by atoms with Crippen LogP contribution in [0.4, 0.5) is 5.69 Å². The van der Waals surface area contributed by atoms with Crippen LogP contribution in [0, 0.1) is 5.92 Å². The number of azide groups is 2. The van der Waals surface area contributed by atoms with Crippen LogP contribution in [0.5, 0.6) is 0 Å². The lowest BCUT2D eigenvalue weighted by atomic mass is 9.91. The molecule has 142 valence electrons. The Kier molecular flexibility index (Phi) is 7.45. The van der Waals surface area contributed by atoms with E-state index in [0.717, 1.165) is 0 Å². The van der Waals surface area contributed by atoms with Gasteiger partial charge < -0.3 is 14.8 Å². The van der Waals surface area contributed by atoms with E-state index in [9.17, 15) is 9.59 Å². The minimum Gasteiger partial charge on any atom is -0.467 e. The van der Waals surface area contributed by atoms with Gasteiger partial charge in [0.1, 0.15) is 6.04 Å². The fourth-order valence-electron chi connectivity index (χ4n) is 2.89. The molecule has 1 unspecified atom stereocenters. The van der Waals surface area contributed by atoms with E-state index < -0.39 is 17.9 Å². The SMILES string of the molecule is COC(=O)C(NC(=O)c1cc(CN=[N+]=[N-])cc(N=[N+]=[N-])c1)C1CCOCC1. The number of amides is 1. The summed E-state index contributed by atoms with van der Waals surface area (Å²) >= 11 is 0. The van der Waals surface area contributed by atoms with Crippen molar-refractivity contribution in [2.24, 2.45) is 16.1 Å². The molecule has 1 heterocycles. The Labute approximate surface area is 154 Å². The second kappa shape index (κ2) is 10.0. The molecule has 2 rings (SSSR count). The number of rotatable bonds is 7. The lowest BCUT2D eigenvalue weighted by Gasteiger charge is -2.29. The average Bonchev–Trinajstić information content (AvgIpc) is 2.70. The van der Waals surface area contributed by atoms with Crippen molar-refractivity contribution in [3.63, 3.8) is 0 Å². The highest BCUT2D eigenvalue weighted by atomic mass is 16.5. The molecule has 11 heteroatoms. The van der Waals surface area contributed by atoms with E-state index in [1.807, 2.05) is 0 Å². The fourth-order valence-corrected chi connectivity index (χ4v) is 2.89. The third-order valence-electron chi connectivity index (χ3n) is 4.20. The summed E-state index contributed by atoms with van der Waals surface area (Å²) in [4.78, 5) is 30.2. The summed E-state index contributed by atoms with van der Waals surface area (Å²) < 4.78 is 10.1. The number of nitrogens with one attached hydrogen (secondary N) is 1. The molecular formula is C16H19N7O4. The first-order chi connectivity index (χ1) is 13.1. The van der Waals surface area contributed by atoms with Gasteiger partial charge in [0.2, 0.25) is 0 Å². The minimum atomic E-state index is -0.810. The number of hydrogen-bond acceptors (Lipinski definition) is 6. The summed E-state index contributed by atoms with van der Waals surface area (Å²) in [5.41, 5.74) is 18.0. The van der Waals surface area contributed by atoms with Crippen LogP contribution in [-0.2, 0) is 20.8 Å². The molecule has 1 fully saturated rings. The number of ether oxygens (including phenoxy) is 2. The number of carbonyl (C=O) groups excluding carboxylic acids is 2. The van der Waals surface area contributed by atoms with E-state index >= 15 is 0 Å². The molecular weight excluding hydrogens is 354 g/mol. The number of hydrogen-bond donors (Lipinski definition) is 1. The van der Waals surface area contributed by atoms with Crippen molar-refractivity contribution in [2.45, 2.75) is 25.4 Å². The molecule has 1 aromatic rings. The molecule has 0 bridgehead atoms. The van der Waals surface area contributed by atoms with Crippen molar-refractivity contribution in [1.29, 1.82) is 0 Å². The summed E-state index contributed by atoms with van der Waals surface area (Å²) in [5.74, 6) is -1.15. The van der Waals surface area contributed by atoms with Crippen molar-refractivity contribution in [2.75, 3.05) is 20.3 Å². The minimum absolute atomic E-state index is 0.00797. The summed E-state index contributed by atoms with van der Waals surface area (Å²) in [7, 11) is 1.26. The van der Waals surface area contributed by atoms with Gasteiger partial charge in [-0.1, -0.05) is 10.2 Å². The molecule has 1 amide bonds. The van der Waals surface area contributed by atoms with Crippen LogP contribution >= 0.6 is 0 Å². The van der Waals surface area contributed by atoms with E-state index in [1.54, 1.807) is 0 Å². The Balaban J connectivity index is 2.27. The lowest BCUT2D eigenvalue weighted by molar-refractivity contribution is -0.145. The zero-order chi connectivity index (χ0) is 19.6. The standard InChI is InChI=1S/C16H19N7O4/c1-26-16(25)14(11-2-4-27-5-3-11)20-15(24)12-6-10(9-19-22-17)7-13(8-12)21-23-18/h6-8,11,14H,2-5,9H2,1H3,(H,20,24). The topological polar surface area (TPSA) is 162 Å². The van der Waals surface area contributed by atoms with Crippen LogP contribution in [0.25, 0.3) is 20.9 Å². The molecule has 0 saturated carbocycles. The summed E-state index contributed by atoms with van der Waals surface area (Å²) in [6.07, 6.45) is 1.25.